The maximum absolute atomic E-state index is 14.5. The van der Waals surface area contributed by atoms with Crippen LogP contribution < -0.4 is 5.32 Å². The fourth-order valence-electron chi connectivity index (χ4n) is 3.78. The Morgan fingerprint density at radius 2 is 1.90 bits per heavy atom. The molecular formula is C20H32FN7O2S. The number of anilines is 1. The molecule has 0 unspecified atom stereocenters. The standard InChI is InChI=1S/C20H32FN7O2S/c1-14(2)28-15(3)22-13-18(28)19-17(21)12-23-20(25-19)24-16-6-8-27(9-7-16)31(29,30)11-10-26(4)5/h12-14,16H,6-11H2,1-5H3,(H,23,24,25). The molecule has 2 aromatic heterocycles. The van der Waals surface area contributed by atoms with E-state index in [0.29, 0.717) is 44.1 Å². The van der Waals surface area contributed by atoms with E-state index >= 15 is 0 Å². The Morgan fingerprint density at radius 1 is 1.23 bits per heavy atom. The average molecular weight is 454 g/mol. The van der Waals surface area contributed by atoms with Gasteiger partial charge in [0, 0.05) is 31.7 Å². The second-order valence-corrected chi connectivity index (χ2v) is 10.6. The van der Waals surface area contributed by atoms with Gasteiger partial charge in [0.25, 0.3) is 0 Å². The summed E-state index contributed by atoms with van der Waals surface area (Å²) >= 11 is 0. The normalized spacial score (nSPS) is 16.4. The van der Waals surface area contributed by atoms with E-state index in [-0.39, 0.29) is 23.5 Å². The Bertz CT molecular complexity index is 999. The Labute approximate surface area is 183 Å². The van der Waals surface area contributed by atoms with E-state index in [4.69, 9.17) is 0 Å². The summed E-state index contributed by atoms with van der Waals surface area (Å²) in [5.74, 6) is 0.736. The van der Waals surface area contributed by atoms with Gasteiger partial charge in [-0.1, -0.05) is 0 Å². The van der Waals surface area contributed by atoms with E-state index < -0.39 is 15.8 Å². The summed E-state index contributed by atoms with van der Waals surface area (Å²) in [4.78, 5) is 14.7. The maximum Gasteiger partial charge on any atom is 0.223 e. The molecule has 0 radical (unpaired) electrons. The van der Waals surface area contributed by atoms with E-state index in [1.807, 2.05) is 44.3 Å². The quantitative estimate of drug-likeness (QED) is 0.654. The van der Waals surface area contributed by atoms with Crippen LogP contribution in [0.2, 0.25) is 0 Å². The first kappa shape index (κ1) is 23.6. The van der Waals surface area contributed by atoms with Crippen molar-refractivity contribution in [3.8, 4) is 11.4 Å². The molecule has 9 nitrogen and oxygen atoms in total. The van der Waals surface area contributed by atoms with Crippen molar-refractivity contribution in [2.75, 3.05) is 44.8 Å². The van der Waals surface area contributed by atoms with Gasteiger partial charge < -0.3 is 14.8 Å². The summed E-state index contributed by atoms with van der Waals surface area (Å²) in [5.41, 5.74) is 0.813. The van der Waals surface area contributed by atoms with Gasteiger partial charge in [-0.2, -0.15) is 0 Å². The van der Waals surface area contributed by atoms with Crippen LogP contribution >= 0.6 is 0 Å². The highest BCUT2D eigenvalue weighted by atomic mass is 32.2. The lowest BCUT2D eigenvalue weighted by Crippen LogP contribution is -2.44. The molecular weight excluding hydrogens is 421 g/mol. The van der Waals surface area contributed by atoms with Crippen LogP contribution in [0.25, 0.3) is 11.4 Å². The molecule has 1 aliphatic heterocycles. The largest absolute Gasteiger partial charge is 0.351 e. The van der Waals surface area contributed by atoms with Crippen molar-refractivity contribution in [3.63, 3.8) is 0 Å². The van der Waals surface area contributed by atoms with E-state index in [9.17, 15) is 12.8 Å². The molecule has 0 bridgehead atoms. The van der Waals surface area contributed by atoms with Gasteiger partial charge in [0.1, 0.15) is 11.5 Å². The van der Waals surface area contributed by atoms with Gasteiger partial charge in [0.05, 0.1) is 23.8 Å². The molecule has 0 spiro atoms. The Morgan fingerprint density at radius 3 is 2.52 bits per heavy atom. The molecule has 2 aromatic rings. The van der Waals surface area contributed by atoms with Gasteiger partial charge in [-0.15, -0.1) is 0 Å². The summed E-state index contributed by atoms with van der Waals surface area (Å²) in [7, 11) is 0.458. The van der Waals surface area contributed by atoms with Crippen molar-refractivity contribution in [2.24, 2.45) is 0 Å². The van der Waals surface area contributed by atoms with Crippen LogP contribution in [0.15, 0.2) is 12.4 Å². The number of aryl methyl sites for hydroxylation is 1. The number of hydrogen-bond acceptors (Lipinski definition) is 7. The first-order valence-corrected chi connectivity index (χ1v) is 12.1. The molecule has 0 amide bonds. The summed E-state index contributed by atoms with van der Waals surface area (Å²) in [6.45, 7) is 7.29. The maximum atomic E-state index is 14.5. The first-order chi connectivity index (χ1) is 14.6. The van der Waals surface area contributed by atoms with Gasteiger partial charge in [-0.05, 0) is 47.7 Å². The zero-order chi connectivity index (χ0) is 22.8. The zero-order valence-corrected chi connectivity index (χ0v) is 19.7. The minimum Gasteiger partial charge on any atom is -0.351 e. The third-order valence-corrected chi connectivity index (χ3v) is 7.31. The molecule has 1 fully saturated rings. The predicted octanol–water partition coefficient (Wildman–Crippen LogP) is 2.14. The van der Waals surface area contributed by atoms with Crippen molar-refractivity contribution in [1.82, 2.24) is 28.7 Å². The van der Waals surface area contributed by atoms with Crippen molar-refractivity contribution in [1.29, 1.82) is 0 Å². The molecule has 1 N–H and O–H groups in total. The Kier molecular flexibility index (Phi) is 7.28. The number of piperidine rings is 1. The van der Waals surface area contributed by atoms with Gasteiger partial charge in [-0.25, -0.2) is 32.1 Å². The minimum atomic E-state index is -3.26. The van der Waals surface area contributed by atoms with E-state index in [1.54, 1.807) is 10.5 Å². The van der Waals surface area contributed by atoms with Crippen LogP contribution in [0.3, 0.4) is 0 Å². The molecule has 0 saturated carbocycles. The van der Waals surface area contributed by atoms with Crippen LogP contribution in [-0.4, -0.2) is 82.7 Å². The second kappa shape index (κ2) is 9.58. The molecule has 172 valence electrons. The monoisotopic (exact) mass is 453 g/mol. The molecule has 31 heavy (non-hydrogen) atoms. The smallest absolute Gasteiger partial charge is 0.223 e. The minimum absolute atomic E-state index is 0.0235. The lowest BCUT2D eigenvalue weighted by atomic mass is 10.1. The van der Waals surface area contributed by atoms with E-state index in [1.165, 1.54) is 6.20 Å². The Hall–Kier alpha value is -2.11. The van der Waals surface area contributed by atoms with Crippen LogP contribution in [0.5, 0.6) is 0 Å². The number of rotatable bonds is 8. The highest BCUT2D eigenvalue weighted by Gasteiger charge is 2.28. The van der Waals surface area contributed by atoms with E-state index in [2.05, 4.69) is 20.3 Å². The second-order valence-electron chi connectivity index (χ2n) is 8.48. The summed E-state index contributed by atoms with van der Waals surface area (Å²) < 4.78 is 43.0. The number of halogens is 1. The van der Waals surface area contributed by atoms with Gasteiger partial charge in [0.2, 0.25) is 16.0 Å². The third kappa shape index (κ3) is 5.58. The van der Waals surface area contributed by atoms with Crippen molar-refractivity contribution >= 4 is 16.0 Å². The molecule has 1 aliphatic rings. The number of nitrogens with zero attached hydrogens (tertiary/aromatic N) is 6. The average Bonchev–Trinajstić information content (AvgIpc) is 3.10. The fraction of sp³-hybridized carbons (Fsp3) is 0.650. The molecule has 0 aliphatic carbocycles. The fourth-order valence-corrected chi connectivity index (χ4v) is 5.41. The zero-order valence-electron chi connectivity index (χ0n) is 18.8. The van der Waals surface area contributed by atoms with Gasteiger partial charge in [0.15, 0.2) is 5.82 Å². The third-order valence-electron chi connectivity index (χ3n) is 5.46. The lowest BCUT2D eigenvalue weighted by molar-refractivity contribution is 0.326. The first-order valence-electron chi connectivity index (χ1n) is 10.5. The number of sulfonamides is 1. The highest BCUT2D eigenvalue weighted by Crippen LogP contribution is 2.26. The van der Waals surface area contributed by atoms with Crippen LogP contribution in [0.1, 0.15) is 38.6 Å². The molecule has 11 heteroatoms. The summed E-state index contributed by atoms with van der Waals surface area (Å²) in [6, 6.07) is 0.136. The number of aromatic nitrogens is 4. The SMILES string of the molecule is Cc1ncc(-c2nc(NC3CCN(S(=O)(=O)CCN(C)C)CC3)ncc2F)n1C(C)C. The molecule has 0 atom stereocenters. The molecule has 1 saturated heterocycles. The molecule has 3 rings (SSSR count). The van der Waals surface area contributed by atoms with Crippen molar-refractivity contribution < 1.29 is 12.8 Å². The number of imidazole rings is 1. The van der Waals surface area contributed by atoms with Gasteiger partial charge in [-0.3, -0.25) is 0 Å². The number of hydrogen-bond donors (Lipinski definition) is 1. The number of nitrogens with one attached hydrogen (secondary N) is 1. The molecule has 0 aromatic carbocycles. The molecule has 3 heterocycles. The van der Waals surface area contributed by atoms with Crippen molar-refractivity contribution in [3.05, 3.63) is 24.0 Å². The lowest BCUT2D eigenvalue weighted by Gasteiger charge is -2.32. The predicted molar refractivity (Wildman–Crippen MR) is 119 cm³/mol. The van der Waals surface area contributed by atoms with Crippen molar-refractivity contribution in [2.45, 2.75) is 45.7 Å². The van der Waals surface area contributed by atoms with Crippen LogP contribution in [-0.2, 0) is 10.0 Å². The van der Waals surface area contributed by atoms with E-state index in [0.717, 1.165) is 5.82 Å². The summed E-state index contributed by atoms with van der Waals surface area (Å²) in [5, 5.41) is 3.25. The van der Waals surface area contributed by atoms with Crippen LogP contribution in [0.4, 0.5) is 10.3 Å². The Balaban J connectivity index is 1.68. The topological polar surface area (TPSA) is 96.2 Å². The van der Waals surface area contributed by atoms with Gasteiger partial charge >= 0.3 is 0 Å². The summed E-state index contributed by atoms with van der Waals surface area (Å²) in [6.07, 6.45) is 4.07. The highest BCUT2D eigenvalue weighted by molar-refractivity contribution is 7.89. The van der Waals surface area contributed by atoms with Crippen LogP contribution in [0, 0.1) is 12.7 Å².